The van der Waals surface area contributed by atoms with Gasteiger partial charge in [-0.2, -0.15) is 0 Å². The van der Waals surface area contributed by atoms with Crippen LogP contribution in [-0.4, -0.2) is 26.3 Å². The van der Waals surface area contributed by atoms with Crippen molar-refractivity contribution in [2.24, 2.45) is 5.92 Å². The number of benzene rings is 1. The number of halogens is 3. The normalized spacial score (nSPS) is 16.1. The van der Waals surface area contributed by atoms with Gasteiger partial charge >= 0.3 is 0 Å². The molecule has 1 aliphatic carbocycles. The highest BCUT2D eigenvalue weighted by atomic mass is 35.5. The molecule has 7 heteroatoms. The molecule has 106 valence electrons. The summed E-state index contributed by atoms with van der Waals surface area (Å²) < 4.78 is 26.2. The monoisotopic (exact) mass is 341 g/mol. The van der Waals surface area contributed by atoms with Gasteiger partial charge in [0.1, 0.15) is 4.90 Å². The van der Waals surface area contributed by atoms with Gasteiger partial charge in [-0.25, -0.2) is 12.7 Å². The quantitative estimate of drug-likeness (QED) is 0.764. The maximum atomic E-state index is 12.5. The summed E-state index contributed by atoms with van der Waals surface area (Å²) in [6.45, 7) is 0.525. The standard InChI is InChI=1S/C12H14Cl3NO2S/c1-16(7-8-2-3-8)19(17,18)12-4-9(6-13)10(14)5-11(12)15/h4-5,8H,2-3,6-7H2,1H3. The maximum Gasteiger partial charge on any atom is 0.244 e. The Morgan fingerprint density at radius 2 is 1.89 bits per heavy atom. The summed E-state index contributed by atoms with van der Waals surface area (Å²) in [6.07, 6.45) is 2.17. The van der Waals surface area contributed by atoms with E-state index in [0.717, 1.165) is 12.8 Å². The van der Waals surface area contributed by atoms with Crippen molar-refractivity contribution in [2.75, 3.05) is 13.6 Å². The molecular formula is C12H14Cl3NO2S. The van der Waals surface area contributed by atoms with Crippen molar-refractivity contribution in [3.8, 4) is 0 Å². The van der Waals surface area contributed by atoms with Crippen LogP contribution in [0.25, 0.3) is 0 Å². The molecule has 0 amide bonds. The van der Waals surface area contributed by atoms with Gasteiger partial charge in [0.05, 0.1) is 5.02 Å². The van der Waals surface area contributed by atoms with Crippen LogP contribution in [0, 0.1) is 5.92 Å². The summed E-state index contributed by atoms with van der Waals surface area (Å²) in [5.41, 5.74) is 0.561. The van der Waals surface area contributed by atoms with Crippen LogP contribution in [-0.2, 0) is 15.9 Å². The Balaban J connectivity index is 2.38. The highest BCUT2D eigenvalue weighted by Gasteiger charge is 2.30. The zero-order chi connectivity index (χ0) is 14.2. The topological polar surface area (TPSA) is 37.4 Å². The van der Waals surface area contributed by atoms with Crippen molar-refractivity contribution in [2.45, 2.75) is 23.6 Å². The van der Waals surface area contributed by atoms with Gasteiger partial charge in [0.15, 0.2) is 0 Å². The number of alkyl halides is 1. The van der Waals surface area contributed by atoms with Crippen molar-refractivity contribution in [1.82, 2.24) is 4.31 Å². The molecule has 1 aromatic rings. The summed E-state index contributed by atoms with van der Waals surface area (Å²) in [5, 5.41) is 0.505. The summed E-state index contributed by atoms with van der Waals surface area (Å²) in [4.78, 5) is 0.0670. The number of nitrogens with zero attached hydrogens (tertiary/aromatic N) is 1. The number of hydrogen-bond donors (Lipinski definition) is 0. The molecule has 0 heterocycles. The minimum Gasteiger partial charge on any atom is -0.207 e. The van der Waals surface area contributed by atoms with E-state index < -0.39 is 10.0 Å². The van der Waals surface area contributed by atoms with Gasteiger partial charge in [-0.1, -0.05) is 23.2 Å². The van der Waals surface area contributed by atoms with E-state index in [0.29, 0.717) is 23.0 Å². The summed E-state index contributed by atoms with van der Waals surface area (Å²) >= 11 is 17.7. The smallest absolute Gasteiger partial charge is 0.207 e. The van der Waals surface area contributed by atoms with Crippen LogP contribution < -0.4 is 0 Å². The molecule has 19 heavy (non-hydrogen) atoms. The second-order valence-corrected chi connectivity index (χ2v) is 7.83. The first-order valence-electron chi connectivity index (χ1n) is 5.86. The predicted octanol–water partition coefficient (Wildman–Crippen LogP) is 3.76. The van der Waals surface area contributed by atoms with Gasteiger partial charge in [-0.05, 0) is 36.5 Å². The molecule has 3 nitrogen and oxygen atoms in total. The second-order valence-electron chi connectivity index (χ2n) is 4.74. The fraction of sp³-hybridized carbons (Fsp3) is 0.500. The molecule has 1 fully saturated rings. The molecule has 0 atom stereocenters. The third-order valence-electron chi connectivity index (χ3n) is 3.15. The van der Waals surface area contributed by atoms with Gasteiger partial charge in [-0.15, -0.1) is 11.6 Å². The number of sulfonamides is 1. The van der Waals surface area contributed by atoms with Crippen molar-refractivity contribution in [3.05, 3.63) is 27.7 Å². The predicted molar refractivity (Wildman–Crippen MR) is 78.6 cm³/mol. The van der Waals surface area contributed by atoms with E-state index in [1.54, 1.807) is 7.05 Å². The molecule has 0 radical (unpaired) electrons. The Morgan fingerprint density at radius 3 is 2.42 bits per heavy atom. The van der Waals surface area contributed by atoms with Crippen LogP contribution >= 0.6 is 34.8 Å². The molecule has 1 saturated carbocycles. The van der Waals surface area contributed by atoms with Crippen LogP contribution in [0.15, 0.2) is 17.0 Å². The molecule has 0 aliphatic heterocycles. The fourth-order valence-corrected chi connectivity index (χ4v) is 4.17. The number of hydrogen-bond acceptors (Lipinski definition) is 2. The second kappa shape index (κ2) is 5.78. The lowest BCUT2D eigenvalue weighted by atomic mass is 10.2. The molecule has 0 saturated heterocycles. The van der Waals surface area contributed by atoms with Crippen molar-refractivity contribution < 1.29 is 8.42 Å². The van der Waals surface area contributed by atoms with E-state index >= 15 is 0 Å². The first kappa shape index (κ1) is 15.4. The molecule has 0 aromatic heterocycles. The zero-order valence-corrected chi connectivity index (χ0v) is 13.5. The first-order chi connectivity index (χ1) is 8.86. The summed E-state index contributed by atoms with van der Waals surface area (Å²) in [5.74, 6) is 0.614. The Morgan fingerprint density at radius 1 is 1.26 bits per heavy atom. The highest BCUT2D eigenvalue weighted by Crippen LogP contribution is 2.34. The maximum absolute atomic E-state index is 12.5. The van der Waals surface area contributed by atoms with Gasteiger partial charge in [-0.3, -0.25) is 0 Å². The third kappa shape index (κ3) is 3.37. The zero-order valence-electron chi connectivity index (χ0n) is 10.4. The van der Waals surface area contributed by atoms with E-state index in [9.17, 15) is 8.42 Å². The highest BCUT2D eigenvalue weighted by molar-refractivity contribution is 7.89. The fourth-order valence-electron chi connectivity index (χ4n) is 1.80. The molecule has 0 spiro atoms. The largest absolute Gasteiger partial charge is 0.244 e. The SMILES string of the molecule is CN(CC1CC1)S(=O)(=O)c1cc(CCl)c(Cl)cc1Cl. The molecule has 0 bridgehead atoms. The molecule has 2 rings (SSSR count). The van der Waals surface area contributed by atoms with Crippen LogP contribution in [0.5, 0.6) is 0 Å². The van der Waals surface area contributed by atoms with Gasteiger partial charge < -0.3 is 0 Å². The van der Waals surface area contributed by atoms with Gasteiger partial charge in [0.25, 0.3) is 0 Å². The lowest BCUT2D eigenvalue weighted by Gasteiger charge is -2.18. The average molecular weight is 343 g/mol. The van der Waals surface area contributed by atoms with Crippen molar-refractivity contribution in [3.63, 3.8) is 0 Å². The lowest BCUT2D eigenvalue weighted by molar-refractivity contribution is 0.453. The average Bonchev–Trinajstić information content (AvgIpc) is 3.12. The van der Waals surface area contributed by atoms with Crippen LogP contribution in [0.4, 0.5) is 0 Å². The van der Waals surface area contributed by atoms with Crippen LogP contribution in [0.1, 0.15) is 18.4 Å². The third-order valence-corrected chi connectivity index (χ3v) is 6.07. The van der Waals surface area contributed by atoms with E-state index in [1.807, 2.05) is 0 Å². The molecule has 1 aromatic carbocycles. The molecule has 1 aliphatic rings. The Kier molecular flexibility index (Phi) is 4.68. The molecule has 0 unspecified atom stereocenters. The van der Waals surface area contributed by atoms with E-state index in [-0.39, 0.29) is 15.8 Å². The van der Waals surface area contributed by atoms with E-state index in [1.165, 1.54) is 16.4 Å². The van der Waals surface area contributed by atoms with Crippen LogP contribution in [0.2, 0.25) is 10.0 Å². The Hall–Kier alpha value is -0.000000000000000111. The minimum atomic E-state index is -3.59. The molecular weight excluding hydrogens is 329 g/mol. The summed E-state index contributed by atoms with van der Waals surface area (Å²) in [7, 11) is -2.02. The lowest BCUT2D eigenvalue weighted by Crippen LogP contribution is -2.29. The Bertz CT molecular complexity index is 585. The first-order valence-corrected chi connectivity index (χ1v) is 8.59. The van der Waals surface area contributed by atoms with Gasteiger partial charge in [0.2, 0.25) is 10.0 Å². The van der Waals surface area contributed by atoms with E-state index in [2.05, 4.69) is 0 Å². The Labute approximate surface area is 128 Å². The van der Waals surface area contributed by atoms with Crippen molar-refractivity contribution >= 4 is 44.8 Å². The van der Waals surface area contributed by atoms with Crippen molar-refractivity contribution in [1.29, 1.82) is 0 Å². The molecule has 0 N–H and O–H groups in total. The summed E-state index contributed by atoms with van der Waals surface area (Å²) in [6, 6.07) is 2.88. The van der Waals surface area contributed by atoms with E-state index in [4.69, 9.17) is 34.8 Å². The van der Waals surface area contributed by atoms with Crippen LogP contribution in [0.3, 0.4) is 0 Å². The van der Waals surface area contributed by atoms with Gasteiger partial charge in [0, 0.05) is 24.5 Å². The minimum absolute atomic E-state index is 0.0670. The number of rotatable bonds is 5.